The normalized spacial score (nSPS) is 15.6. The minimum atomic E-state index is -0.894. The first-order valence-corrected chi connectivity index (χ1v) is 11.3. The zero-order valence-corrected chi connectivity index (χ0v) is 19.7. The Morgan fingerprint density at radius 2 is 1.81 bits per heavy atom. The van der Waals surface area contributed by atoms with Crippen LogP contribution in [-0.4, -0.2) is 27.5 Å². The summed E-state index contributed by atoms with van der Waals surface area (Å²) in [4.78, 5) is 42.3. The van der Waals surface area contributed by atoms with E-state index in [0.717, 1.165) is 11.0 Å². The first kappa shape index (κ1) is 23.3. The Morgan fingerprint density at radius 1 is 1.03 bits per heavy atom. The molecule has 0 bridgehead atoms. The molecule has 1 aliphatic rings. The van der Waals surface area contributed by atoms with E-state index in [1.807, 2.05) is 0 Å². The number of aromatic nitrogens is 2. The number of rotatable bonds is 5. The Kier molecular flexibility index (Phi) is 5.58. The largest absolute Gasteiger partial charge is 0.454 e. The number of hydrogen-bond donors (Lipinski definition) is 2. The van der Waals surface area contributed by atoms with E-state index >= 15 is 0 Å². The number of nitrogens with one attached hydrogen (secondary N) is 2. The molecule has 10 heteroatoms. The number of carbonyl (C=O) groups excluding carboxylic acids is 2. The number of amides is 3. The third-order valence-electron chi connectivity index (χ3n) is 6.26. The van der Waals surface area contributed by atoms with Crippen molar-refractivity contribution in [3.05, 3.63) is 76.3 Å². The van der Waals surface area contributed by atoms with Gasteiger partial charge in [0.1, 0.15) is 23.1 Å². The summed E-state index contributed by atoms with van der Waals surface area (Å²) in [5.74, 6) is -2.04. The van der Waals surface area contributed by atoms with E-state index in [9.17, 15) is 23.2 Å². The third-order valence-corrected chi connectivity index (χ3v) is 6.26. The highest BCUT2D eigenvalue weighted by atomic mass is 19.1. The molecule has 2 aromatic heterocycles. The first-order valence-electron chi connectivity index (χ1n) is 11.3. The Hall–Kier alpha value is -4.47. The van der Waals surface area contributed by atoms with Gasteiger partial charge in [-0.1, -0.05) is 6.92 Å². The molecule has 0 saturated carbocycles. The number of ether oxygens (including phenoxy) is 1. The van der Waals surface area contributed by atoms with Crippen LogP contribution >= 0.6 is 0 Å². The molecule has 1 saturated heterocycles. The Bertz CT molecular complexity index is 1610. The average Bonchev–Trinajstić information content (AvgIpc) is 3.43. The van der Waals surface area contributed by atoms with Crippen LogP contribution in [0.4, 0.5) is 19.3 Å². The number of benzene rings is 2. The highest BCUT2D eigenvalue weighted by molar-refractivity contribution is 6.22. The lowest BCUT2D eigenvalue weighted by Crippen LogP contribution is -2.31. The summed E-state index contributed by atoms with van der Waals surface area (Å²) in [5, 5.41) is 3.24. The lowest BCUT2D eigenvalue weighted by Gasteiger charge is -2.21. The molecule has 36 heavy (non-hydrogen) atoms. The monoisotopic (exact) mass is 492 g/mol. The van der Waals surface area contributed by atoms with Crippen LogP contribution in [0, 0.1) is 18.6 Å². The average molecular weight is 492 g/mol. The van der Waals surface area contributed by atoms with Crippen LogP contribution in [0.1, 0.15) is 18.9 Å². The van der Waals surface area contributed by atoms with E-state index in [2.05, 4.69) is 10.3 Å². The lowest BCUT2D eigenvalue weighted by molar-refractivity contribution is -0.118. The molecule has 0 aliphatic carbocycles. The van der Waals surface area contributed by atoms with E-state index in [0.29, 0.717) is 45.8 Å². The predicted molar refractivity (Wildman–Crippen MR) is 130 cm³/mol. The van der Waals surface area contributed by atoms with Gasteiger partial charge in [0.25, 0.3) is 11.5 Å². The fourth-order valence-corrected chi connectivity index (χ4v) is 4.40. The zero-order chi connectivity index (χ0) is 25.7. The number of aryl methyl sites for hydroxylation is 2. The fourth-order valence-electron chi connectivity index (χ4n) is 4.40. The van der Waals surface area contributed by atoms with Crippen molar-refractivity contribution in [1.82, 2.24) is 14.9 Å². The summed E-state index contributed by atoms with van der Waals surface area (Å²) in [6.07, 6.45) is 3.65. The summed E-state index contributed by atoms with van der Waals surface area (Å²) in [6.45, 7) is 3.49. The third kappa shape index (κ3) is 3.71. The van der Waals surface area contributed by atoms with Gasteiger partial charge < -0.3 is 19.6 Å². The van der Waals surface area contributed by atoms with Crippen LogP contribution in [0.5, 0.6) is 11.5 Å². The van der Waals surface area contributed by atoms with Gasteiger partial charge in [-0.05, 0) is 49.2 Å². The van der Waals surface area contributed by atoms with Crippen LogP contribution in [0.3, 0.4) is 0 Å². The molecule has 5 rings (SSSR count). The zero-order valence-electron chi connectivity index (χ0n) is 19.7. The van der Waals surface area contributed by atoms with Gasteiger partial charge >= 0.3 is 6.03 Å². The number of urea groups is 1. The fraction of sp³-hybridized carbons (Fsp3) is 0.192. The van der Waals surface area contributed by atoms with Crippen LogP contribution in [0.2, 0.25) is 0 Å². The maximum Gasteiger partial charge on any atom is 0.329 e. The summed E-state index contributed by atoms with van der Waals surface area (Å²) in [5.41, 5.74) is 1.89. The molecular formula is C26H22F2N4O4. The quantitative estimate of drug-likeness (QED) is 0.393. The molecule has 184 valence electrons. The number of halogens is 2. The van der Waals surface area contributed by atoms with Gasteiger partial charge in [0.15, 0.2) is 11.6 Å². The molecule has 0 unspecified atom stereocenters. The number of carbonyl (C=O) groups is 2. The number of nitrogens with zero attached hydrogens (tertiary/aromatic N) is 2. The molecule has 2 N–H and O–H groups in total. The molecule has 0 radical (unpaired) electrons. The highest BCUT2D eigenvalue weighted by Crippen LogP contribution is 2.42. The van der Waals surface area contributed by atoms with Crippen LogP contribution in [0.25, 0.3) is 22.0 Å². The van der Waals surface area contributed by atoms with Gasteiger partial charge in [0, 0.05) is 42.0 Å². The van der Waals surface area contributed by atoms with E-state index < -0.39 is 23.7 Å². The Labute approximate surface area is 204 Å². The molecular weight excluding hydrogens is 470 g/mol. The van der Waals surface area contributed by atoms with Crippen LogP contribution in [-0.2, 0) is 11.8 Å². The topological polar surface area (TPSA) is 96.4 Å². The summed E-state index contributed by atoms with van der Waals surface area (Å²) in [7, 11) is 1.59. The summed E-state index contributed by atoms with van der Waals surface area (Å²) >= 11 is 0. The van der Waals surface area contributed by atoms with Crippen molar-refractivity contribution in [2.24, 2.45) is 7.05 Å². The van der Waals surface area contributed by atoms with Crippen molar-refractivity contribution < 1.29 is 23.1 Å². The highest BCUT2D eigenvalue weighted by Gasteiger charge is 2.39. The van der Waals surface area contributed by atoms with Gasteiger partial charge in [0.2, 0.25) is 0 Å². The molecule has 8 nitrogen and oxygen atoms in total. The van der Waals surface area contributed by atoms with E-state index in [1.165, 1.54) is 10.6 Å². The van der Waals surface area contributed by atoms with Crippen molar-refractivity contribution in [2.45, 2.75) is 26.3 Å². The van der Waals surface area contributed by atoms with E-state index in [1.54, 1.807) is 51.5 Å². The molecule has 3 amide bonds. The van der Waals surface area contributed by atoms with Crippen molar-refractivity contribution >= 4 is 28.5 Å². The van der Waals surface area contributed by atoms with E-state index in [-0.39, 0.29) is 23.0 Å². The summed E-state index contributed by atoms with van der Waals surface area (Å²) < 4.78 is 35.2. The van der Waals surface area contributed by atoms with Gasteiger partial charge in [-0.2, -0.15) is 0 Å². The molecule has 2 aromatic carbocycles. The second-order valence-corrected chi connectivity index (χ2v) is 8.62. The van der Waals surface area contributed by atoms with Crippen molar-refractivity contribution in [3.8, 4) is 22.6 Å². The Balaban J connectivity index is 1.75. The smallest absolute Gasteiger partial charge is 0.329 e. The van der Waals surface area contributed by atoms with Gasteiger partial charge in [-0.25, -0.2) is 18.5 Å². The number of aromatic amines is 1. The lowest BCUT2D eigenvalue weighted by atomic mass is 9.99. The van der Waals surface area contributed by atoms with E-state index in [4.69, 9.17) is 4.74 Å². The molecule has 1 fully saturated rings. The molecule has 1 atom stereocenters. The van der Waals surface area contributed by atoms with Crippen molar-refractivity contribution in [2.75, 3.05) is 4.90 Å². The number of hydrogen-bond acceptors (Lipinski definition) is 4. The number of pyridine rings is 1. The standard InChI is InChI=1S/C26H22F2N4O4/c1-4-19-24(33)32(26(35)30-19)20-11-16(17-12-31(3)25(34)23-15(17)7-8-29-23)22(9-13(20)2)36-21-6-5-14(27)10-18(21)28/h5-12,19,29H,4H2,1-3H3,(H,30,35)/t19-/m0/s1. The molecule has 4 aromatic rings. The first-order chi connectivity index (χ1) is 17.2. The number of fused-ring (bicyclic) bond motifs is 1. The minimum Gasteiger partial charge on any atom is -0.454 e. The maximum absolute atomic E-state index is 14.5. The van der Waals surface area contributed by atoms with Crippen LogP contribution < -0.4 is 20.5 Å². The SMILES string of the molecule is CC[C@@H]1NC(=O)N(c2cc(-c3cn(C)c(=O)c4[nH]ccc34)c(Oc3ccc(F)cc3F)cc2C)C1=O. The van der Waals surface area contributed by atoms with Crippen LogP contribution in [0.15, 0.2) is 53.6 Å². The number of H-pyrrole nitrogens is 1. The van der Waals surface area contributed by atoms with Gasteiger partial charge in [-0.3, -0.25) is 9.59 Å². The second kappa shape index (κ2) is 8.63. The van der Waals surface area contributed by atoms with Crippen molar-refractivity contribution in [1.29, 1.82) is 0 Å². The predicted octanol–water partition coefficient (Wildman–Crippen LogP) is 4.75. The maximum atomic E-state index is 14.5. The number of anilines is 1. The molecule has 3 heterocycles. The van der Waals surface area contributed by atoms with Crippen molar-refractivity contribution in [3.63, 3.8) is 0 Å². The minimum absolute atomic E-state index is 0.196. The molecule has 1 aliphatic heterocycles. The number of imide groups is 1. The molecule has 0 spiro atoms. The Morgan fingerprint density at radius 3 is 2.50 bits per heavy atom. The second-order valence-electron chi connectivity index (χ2n) is 8.62. The van der Waals surface area contributed by atoms with Gasteiger partial charge in [-0.15, -0.1) is 0 Å². The van der Waals surface area contributed by atoms with Gasteiger partial charge in [0.05, 0.1) is 5.69 Å². The summed E-state index contributed by atoms with van der Waals surface area (Å²) in [6, 6.07) is 6.68.